The molecule has 0 aromatic heterocycles. The number of amides is 9. The molecule has 21 heteroatoms. The molecule has 5 atom stereocenters. The van der Waals surface area contributed by atoms with Gasteiger partial charge in [0, 0.05) is 19.6 Å². The number of carboxylic acid groups (broad SMARTS) is 1. The van der Waals surface area contributed by atoms with E-state index in [1.54, 1.807) is 19.0 Å². The van der Waals surface area contributed by atoms with Crippen molar-refractivity contribution in [2.24, 2.45) is 11.8 Å². The van der Waals surface area contributed by atoms with Gasteiger partial charge in [-0.15, -0.1) is 0 Å². The summed E-state index contributed by atoms with van der Waals surface area (Å²) in [5.41, 5.74) is 5.19. The Balaban J connectivity index is 0.000000263. The fourth-order valence-corrected chi connectivity index (χ4v) is 12.8. The van der Waals surface area contributed by atoms with Crippen LogP contribution in [0.1, 0.15) is 147 Å². The molecule has 3 saturated heterocycles. The molecule has 3 N–H and O–H groups in total. The predicted molar refractivity (Wildman–Crippen MR) is 390 cm³/mol. The third-order valence-corrected chi connectivity index (χ3v) is 17.7. The van der Waals surface area contributed by atoms with Gasteiger partial charge in [-0.3, -0.25) is 9.59 Å². The molecule has 3 heterocycles. The van der Waals surface area contributed by atoms with Crippen LogP contribution in [-0.2, 0) is 77.6 Å². The molecule has 6 aromatic carbocycles. The summed E-state index contributed by atoms with van der Waals surface area (Å²) in [5.74, 6) is -2.82. The molecule has 11 rings (SSSR count). The van der Waals surface area contributed by atoms with Gasteiger partial charge in [0.25, 0.3) is 0 Å². The molecule has 0 spiro atoms. The zero-order valence-electron chi connectivity index (χ0n) is 59.3. The highest BCUT2D eigenvalue weighted by atomic mass is 16.6. The molecule has 4 unspecified atom stereocenters. The molecular formula is C80H106N8O13. The molecular weight excluding hydrogens is 1280 g/mol. The van der Waals surface area contributed by atoms with Crippen molar-refractivity contribution in [2.75, 3.05) is 33.7 Å². The van der Waals surface area contributed by atoms with E-state index in [-0.39, 0.29) is 71.2 Å². The van der Waals surface area contributed by atoms with E-state index in [0.29, 0.717) is 13.1 Å². The second-order valence-electron chi connectivity index (χ2n) is 24.2. The molecule has 5 fully saturated rings. The normalized spacial score (nSPS) is 17.8. The van der Waals surface area contributed by atoms with Crippen molar-refractivity contribution in [1.29, 1.82) is 0 Å². The van der Waals surface area contributed by atoms with Crippen molar-refractivity contribution >= 4 is 53.9 Å². The number of esters is 2. The van der Waals surface area contributed by atoms with E-state index in [9.17, 15) is 48.3 Å². The fourth-order valence-electron chi connectivity index (χ4n) is 12.8. The van der Waals surface area contributed by atoms with E-state index >= 15 is 0 Å². The Bertz CT molecular complexity index is 3470. The average molecular weight is 1390 g/mol. The Morgan fingerprint density at radius 3 is 0.941 bits per heavy atom. The molecule has 2 aliphatic carbocycles. The topological polar surface area (TPSA) is 245 Å². The van der Waals surface area contributed by atoms with Crippen LogP contribution in [-0.4, -0.2) is 152 Å². The third kappa shape index (κ3) is 23.4. The van der Waals surface area contributed by atoms with Gasteiger partial charge in [-0.05, 0) is 85.0 Å². The van der Waals surface area contributed by atoms with Gasteiger partial charge < -0.3 is 44.7 Å². The van der Waals surface area contributed by atoms with Crippen molar-refractivity contribution in [2.45, 2.75) is 183 Å². The number of ether oxygens (including phenoxy) is 3. The minimum Gasteiger partial charge on any atom is -0.480 e. The number of nitrogens with zero attached hydrogens (tertiary/aromatic N) is 6. The quantitative estimate of drug-likeness (QED) is 0.0448. The van der Waals surface area contributed by atoms with Gasteiger partial charge in [-0.1, -0.05) is 269 Å². The number of urea groups is 3. The average Bonchev–Trinajstić information content (AvgIpc) is 1.66. The zero-order chi connectivity index (χ0) is 72.3. The number of rotatable bonds is 21. The van der Waals surface area contributed by atoms with Crippen LogP contribution in [0.4, 0.5) is 19.2 Å². The lowest BCUT2D eigenvalue weighted by Crippen LogP contribution is -2.54. The first kappa shape index (κ1) is 81.9. The largest absolute Gasteiger partial charge is 0.480 e. The summed E-state index contributed by atoms with van der Waals surface area (Å²) in [5, 5.41) is 15.8. The van der Waals surface area contributed by atoms with Gasteiger partial charge in [0.15, 0.2) is 18.1 Å². The number of benzene rings is 6. The molecule has 9 amide bonds. The Labute approximate surface area is 597 Å². The monoisotopic (exact) mass is 1390 g/mol. The number of hydrogen-bond acceptors (Lipinski definition) is 14. The van der Waals surface area contributed by atoms with Crippen LogP contribution in [0, 0.1) is 11.8 Å². The lowest BCUT2D eigenvalue weighted by atomic mass is 9.83. The number of imide groups is 3. The molecule has 101 heavy (non-hydrogen) atoms. The summed E-state index contributed by atoms with van der Waals surface area (Å²) in [6.45, 7) is 13.2. The summed E-state index contributed by atoms with van der Waals surface area (Å²) >= 11 is 0. The second kappa shape index (κ2) is 43.7. The van der Waals surface area contributed by atoms with E-state index in [1.807, 2.05) is 224 Å². The van der Waals surface area contributed by atoms with Crippen LogP contribution < -0.4 is 10.6 Å². The number of carbonyl (C=O) groups excluding carboxylic acids is 8. The molecule has 0 radical (unpaired) electrons. The Morgan fingerprint density at radius 1 is 0.386 bits per heavy atom. The Morgan fingerprint density at radius 2 is 0.644 bits per heavy atom. The second-order valence-corrected chi connectivity index (χ2v) is 24.2. The summed E-state index contributed by atoms with van der Waals surface area (Å²) < 4.78 is 16.4. The van der Waals surface area contributed by atoms with E-state index in [1.165, 1.54) is 16.2 Å². The molecule has 544 valence electrons. The molecule has 2 saturated carbocycles. The smallest absolute Gasteiger partial charge is 0.419 e. The first-order valence-electron chi connectivity index (χ1n) is 35.4. The third-order valence-electron chi connectivity index (χ3n) is 17.7. The van der Waals surface area contributed by atoms with E-state index in [2.05, 4.69) is 10.6 Å². The van der Waals surface area contributed by atoms with E-state index in [4.69, 9.17) is 14.2 Å². The lowest BCUT2D eigenvalue weighted by molar-refractivity contribution is -0.153. The maximum Gasteiger partial charge on any atom is 0.419 e. The first-order chi connectivity index (χ1) is 48.7. The maximum absolute atomic E-state index is 13.7. The van der Waals surface area contributed by atoms with Gasteiger partial charge in [-0.25, -0.2) is 48.3 Å². The number of hydrogen-bond donors (Lipinski definition) is 3. The fraction of sp³-hybridized carbons (Fsp3) is 0.438. The first-order valence-corrected chi connectivity index (χ1v) is 35.4. The standard InChI is InChI=1S/C27H33N3O4.C26H24N2O5.C20H27N3O4.3C2H6.CH4/c1-28-24(22-15-9-4-10-16-22)25(31)30-23(26(32)34-19-21-13-7-3-8-14-21)18-29(27(30)33)17-20-11-5-2-6-12-20;29-24(32-18-21-12-6-2-7-13-21)23-17-27(16-20-10-4-1-5-11-20)25(30)28(23)26(31)33-19-22-14-8-3-9-15-22;1-21-17(15-10-6-3-7-11-15)18(24)23-16(19(25)26)13-22(20(23)27)12-14-8-4-2-5-9-14;3*1-2;/h2-3,5-8,11-14,22-24,28H,4,9-10,15-19H2,1H3;1-15,23H,16-19H2;2,4-5,8-9,15-17,21H,3,6-7,10-13H2,1H3,(H,25,26);3*1-2H3;1H4/t;23-;;;;;/m.0...../s1. The van der Waals surface area contributed by atoms with Crippen LogP contribution in [0.15, 0.2) is 182 Å². The van der Waals surface area contributed by atoms with Crippen molar-refractivity contribution in [3.63, 3.8) is 0 Å². The van der Waals surface area contributed by atoms with Crippen molar-refractivity contribution < 1.29 is 62.5 Å². The summed E-state index contributed by atoms with van der Waals surface area (Å²) in [7, 11) is 3.46. The molecule has 0 bridgehead atoms. The van der Waals surface area contributed by atoms with Crippen LogP contribution in [0.2, 0.25) is 0 Å². The Kier molecular flexibility index (Phi) is 35.5. The molecule has 21 nitrogen and oxygen atoms in total. The van der Waals surface area contributed by atoms with Gasteiger partial charge in [0.05, 0.1) is 31.7 Å². The minimum atomic E-state index is -1.15. The number of carbonyl (C=O) groups is 9. The maximum atomic E-state index is 13.7. The van der Waals surface area contributed by atoms with E-state index in [0.717, 1.165) is 106 Å². The molecule has 5 aliphatic rings. The number of nitrogens with one attached hydrogen (secondary N) is 2. The lowest BCUT2D eigenvalue weighted by Gasteiger charge is -2.32. The number of likely N-dealkylation sites (N-methyl/N-ethyl adjacent to an activating group) is 2. The van der Waals surface area contributed by atoms with Crippen molar-refractivity contribution in [1.82, 2.24) is 40.0 Å². The highest BCUT2D eigenvalue weighted by molar-refractivity contribution is 6.04. The summed E-state index contributed by atoms with van der Waals surface area (Å²) in [6.07, 6.45) is 9.46. The summed E-state index contributed by atoms with van der Waals surface area (Å²) in [4.78, 5) is 124. The van der Waals surface area contributed by atoms with Crippen molar-refractivity contribution in [3.05, 3.63) is 215 Å². The van der Waals surface area contributed by atoms with Crippen molar-refractivity contribution in [3.8, 4) is 0 Å². The van der Waals surface area contributed by atoms with Crippen LogP contribution in [0.25, 0.3) is 0 Å². The van der Waals surface area contributed by atoms with Crippen LogP contribution >= 0.6 is 0 Å². The van der Waals surface area contributed by atoms with Crippen LogP contribution in [0.5, 0.6) is 0 Å². The highest BCUT2D eigenvalue weighted by Gasteiger charge is 2.51. The van der Waals surface area contributed by atoms with Gasteiger partial charge in [0.1, 0.15) is 19.8 Å². The minimum absolute atomic E-state index is 0. The SMILES string of the molecule is C.CC.CC.CC.CNC(C(=O)N1C(=O)N(Cc2ccccc2)CC1C(=O)O)C1CCCCC1.CNC(C(=O)N1C(=O)N(Cc2ccccc2)CC1C(=O)OCc1ccccc1)C1CCCCC1.O=C(OCc1ccccc1)[C@@H]1CN(Cc2ccccc2)C(=O)N1C(=O)OCc1ccccc1. The van der Waals surface area contributed by atoms with Gasteiger partial charge >= 0.3 is 42.1 Å². The number of aliphatic carboxylic acids is 1. The predicted octanol–water partition coefficient (Wildman–Crippen LogP) is 13.9. The number of carboxylic acids is 1. The molecule has 3 aliphatic heterocycles. The van der Waals surface area contributed by atoms with Gasteiger partial charge in [0.2, 0.25) is 11.8 Å². The zero-order valence-corrected chi connectivity index (χ0v) is 59.3. The van der Waals surface area contributed by atoms with Crippen LogP contribution in [0.3, 0.4) is 0 Å². The summed E-state index contributed by atoms with van der Waals surface area (Å²) in [6, 6.07) is 50.3. The molecule has 6 aromatic rings. The Hall–Kier alpha value is -9.73. The van der Waals surface area contributed by atoms with E-state index < -0.39 is 78.2 Å². The highest BCUT2D eigenvalue weighted by Crippen LogP contribution is 2.32. The van der Waals surface area contributed by atoms with Gasteiger partial charge in [-0.2, -0.15) is 0 Å².